The van der Waals surface area contributed by atoms with Crippen molar-refractivity contribution in [1.82, 2.24) is 4.90 Å². The number of benzene rings is 2. The van der Waals surface area contributed by atoms with Crippen LogP contribution in [0.25, 0.3) is 0 Å². The van der Waals surface area contributed by atoms with Crippen molar-refractivity contribution in [3.8, 4) is 5.75 Å². The molecule has 1 amide bonds. The Bertz CT molecular complexity index is 853. The Morgan fingerprint density at radius 3 is 2.52 bits per heavy atom. The van der Waals surface area contributed by atoms with Gasteiger partial charge in [0.1, 0.15) is 12.4 Å². The van der Waals surface area contributed by atoms with Gasteiger partial charge < -0.3 is 14.8 Å². The van der Waals surface area contributed by atoms with Gasteiger partial charge in [-0.05, 0) is 49.6 Å². The van der Waals surface area contributed by atoms with Gasteiger partial charge in [0.2, 0.25) is 5.91 Å². The van der Waals surface area contributed by atoms with Crippen molar-refractivity contribution in [3.63, 3.8) is 0 Å². The summed E-state index contributed by atoms with van der Waals surface area (Å²) in [7, 11) is 0. The lowest BCUT2D eigenvalue weighted by molar-refractivity contribution is -0.122. The Morgan fingerprint density at radius 2 is 1.81 bits per heavy atom. The lowest BCUT2D eigenvalue weighted by atomic mass is 9.68. The molecule has 0 radical (unpaired) electrons. The standard InChI is InChI=1S/C26H34N2O3/c1-21-6-5-7-22(20-21)26(12-3-2-4-13-26)25(29)27-23-8-10-24(11-9-23)31-19-16-28-14-17-30-18-15-28/h5-11,20H,2-4,12-19H2,1H3,(H,27,29). The summed E-state index contributed by atoms with van der Waals surface area (Å²) in [4.78, 5) is 15.8. The summed E-state index contributed by atoms with van der Waals surface area (Å²) < 4.78 is 11.3. The van der Waals surface area contributed by atoms with E-state index in [4.69, 9.17) is 9.47 Å². The fraction of sp³-hybridized carbons (Fsp3) is 0.500. The van der Waals surface area contributed by atoms with E-state index in [-0.39, 0.29) is 5.91 Å². The van der Waals surface area contributed by atoms with Gasteiger partial charge in [0.25, 0.3) is 0 Å². The number of aryl methyl sites for hydroxylation is 1. The van der Waals surface area contributed by atoms with Gasteiger partial charge in [-0.25, -0.2) is 0 Å². The Labute approximate surface area is 185 Å². The normalized spacial score (nSPS) is 19.0. The third-order valence-corrected chi connectivity index (χ3v) is 6.60. The number of hydrogen-bond acceptors (Lipinski definition) is 4. The van der Waals surface area contributed by atoms with Gasteiger partial charge in [0.15, 0.2) is 0 Å². The Balaban J connectivity index is 1.37. The highest BCUT2D eigenvalue weighted by Gasteiger charge is 2.41. The molecule has 1 heterocycles. The van der Waals surface area contributed by atoms with E-state index in [1.807, 2.05) is 24.3 Å². The zero-order chi connectivity index (χ0) is 21.5. The Hall–Kier alpha value is -2.37. The van der Waals surface area contributed by atoms with E-state index >= 15 is 0 Å². The highest BCUT2D eigenvalue weighted by molar-refractivity contribution is 5.99. The summed E-state index contributed by atoms with van der Waals surface area (Å²) >= 11 is 0. The molecule has 5 nitrogen and oxygen atoms in total. The molecule has 2 fully saturated rings. The minimum Gasteiger partial charge on any atom is -0.492 e. The quantitative estimate of drug-likeness (QED) is 0.711. The number of hydrogen-bond donors (Lipinski definition) is 1. The first kappa shape index (κ1) is 21.8. The van der Waals surface area contributed by atoms with Crippen LogP contribution < -0.4 is 10.1 Å². The van der Waals surface area contributed by atoms with Gasteiger partial charge in [-0.1, -0.05) is 49.1 Å². The maximum Gasteiger partial charge on any atom is 0.235 e. The molecule has 2 aromatic carbocycles. The minimum atomic E-state index is -0.433. The monoisotopic (exact) mass is 422 g/mol. The van der Waals surface area contributed by atoms with Gasteiger partial charge in [0.05, 0.1) is 18.6 Å². The second-order valence-corrected chi connectivity index (χ2v) is 8.79. The third-order valence-electron chi connectivity index (χ3n) is 6.60. The number of rotatable bonds is 7. The van der Waals surface area contributed by atoms with Crippen LogP contribution in [0.15, 0.2) is 48.5 Å². The Morgan fingerprint density at radius 1 is 1.06 bits per heavy atom. The van der Waals surface area contributed by atoms with Crippen LogP contribution in [0.5, 0.6) is 5.75 Å². The van der Waals surface area contributed by atoms with Crippen molar-refractivity contribution >= 4 is 11.6 Å². The fourth-order valence-corrected chi connectivity index (χ4v) is 4.75. The van der Waals surface area contributed by atoms with Crippen molar-refractivity contribution in [1.29, 1.82) is 0 Å². The smallest absolute Gasteiger partial charge is 0.235 e. The van der Waals surface area contributed by atoms with Gasteiger partial charge >= 0.3 is 0 Å². The number of nitrogens with one attached hydrogen (secondary N) is 1. The maximum absolute atomic E-state index is 13.5. The van der Waals surface area contributed by atoms with Crippen LogP contribution in [-0.2, 0) is 14.9 Å². The molecule has 4 rings (SSSR count). The lowest BCUT2D eigenvalue weighted by Gasteiger charge is -2.36. The second kappa shape index (κ2) is 10.3. The number of anilines is 1. The van der Waals surface area contributed by atoms with E-state index in [2.05, 4.69) is 41.4 Å². The Kier molecular flexibility index (Phi) is 7.25. The molecule has 1 saturated heterocycles. The van der Waals surface area contributed by atoms with Crippen LogP contribution in [0.2, 0.25) is 0 Å². The molecule has 1 aliphatic heterocycles. The van der Waals surface area contributed by atoms with E-state index < -0.39 is 5.41 Å². The summed E-state index contributed by atoms with van der Waals surface area (Å²) in [5.41, 5.74) is 2.74. The molecule has 31 heavy (non-hydrogen) atoms. The van der Waals surface area contributed by atoms with E-state index in [0.717, 1.165) is 75.5 Å². The predicted molar refractivity (Wildman–Crippen MR) is 124 cm³/mol. The summed E-state index contributed by atoms with van der Waals surface area (Å²) in [6.07, 6.45) is 5.21. The van der Waals surface area contributed by atoms with Crippen LogP contribution in [0.4, 0.5) is 5.69 Å². The summed E-state index contributed by atoms with van der Waals surface area (Å²) in [6.45, 7) is 7.20. The van der Waals surface area contributed by atoms with Gasteiger partial charge in [0, 0.05) is 25.3 Å². The SMILES string of the molecule is Cc1cccc(C2(C(=O)Nc3ccc(OCCN4CCOCC4)cc3)CCCCC2)c1. The van der Waals surface area contributed by atoms with E-state index in [9.17, 15) is 4.79 Å². The molecule has 0 bridgehead atoms. The van der Waals surface area contributed by atoms with Crippen LogP contribution >= 0.6 is 0 Å². The molecule has 2 aliphatic rings. The van der Waals surface area contributed by atoms with Gasteiger partial charge in [-0.3, -0.25) is 9.69 Å². The van der Waals surface area contributed by atoms with Crippen LogP contribution in [0.1, 0.15) is 43.2 Å². The number of amides is 1. The van der Waals surface area contributed by atoms with E-state index in [1.54, 1.807) is 0 Å². The molecule has 2 aromatic rings. The van der Waals surface area contributed by atoms with Crippen molar-refractivity contribution < 1.29 is 14.3 Å². The minimum absolute atomic E-state index is 0.110. The lowest BCUT2D eigenvalue weighted by Crippen LogP contribution is -2.42. The highest BCUT2D eigenvalue weighted by Crippen LogP contribution is 2.40. The van der Waals surface area contributed by atoms with E-state index in [0.29, 0.717) is 6.61 Å². The number of carbonyl (C=O) groups is 1. The zero-order valence-corrected chi connectivity index (χ0v) is 18.6. The first-order valence-corrected chi connectivity index (χ1v) is 11.6. The molecule has 0 aromatic heterocycles. The molecular formula is C26H34N2O3. The number of carbonyl (C=O) groups excluding carboxylic acids is 1. The first-order valence-electron chi connectivity index (χ1n) is 11.6. The number of nitrogens with zero attached hydrogens (tertiary/aromatic N) is 1. The molecular weight excluding hydrogens is 388 g/mol. The topological polar surface area (TPSA) is 50.8 Å². The molecule has 1 aliphatic carbocycles. The third kappa shape index (κ3) is 5.46. The summed E-state index contributed by atoms with van der Waals surface area (Å²) in [5, 5.41) is 3.19. The largest absolute Gasteiger partial charge is 0.492 e. The summed E-state index contributed by atoms with van der Waals surface area (Å²) in [5.74, 6) is 0.941. The fourth-order valence-electron chi connectivity index (χ4n) is 4.75. The van der Waals surface area contributed by atoms with Crippen LogP contribution in [0.3, 0.4) is 0 Å². The number of ether oxygens (including phenoxy) is 2. The van der Waals surface area contributed by atoms with Crippen LogP contribution in [-0.4, -0.2) is 50.3 Å². The molecule has 166 valence electrons. The van der Waals surface area contributed by atoms with E-state index in [1.165, 1.54) is 12.0 Å². The summed E-state index contributed by atoms with van der Waals surface area (Å²) in [6, 6.07) is 16.2. The molecule has 5 heteroatoms. The predicted octanol–water partition coefficient (Wildman–Crippen LogP) is 4.55. The van der Waals surface area contributed by atoms with Crippen molar-refractivity contribution in [2.75, 3.05) is 44.8 Å². The van der Waals surface area contributed by atoms with Crippen LogP contribution in [0, 0.1) is 6.92 Å². The van der Waals surface area contributed by atoms with Crippen molar-refractivity contribution in [2.24, 2.45) is 0 Å². The first-order chi connectivity index (χ1) is 15.2. The van der Waals surface area contributed by atoms with Crippen molar-refractivity contribution in [2.45, 2.75) is 44.4 Å². The number of morpholine rings is 1. The van der Waals surface area contributed by atoms with Crippen molar-refractivity contribution in [3.05, 3.63) is 59.7 Å². The average molecular weight is 423 g/mol. The molecule has 0 spiro atoms. The zero-order valence-electron chi connectivity index (χ0n) is 18.6. The second-order valence-electron chi connectivity index (χ2n) is 8.79. The molecule has 1 N–H and O–H groups in total. The highest BCUT2D eigenvalue weighted by atomic mass is 16.5. The maximum atomic E-state index is 13.5. The van der Waals surface area contributed by atoms with Gasteiger partial charge in [-0.15, -0.1) is 0 Å². The van der Waals surface area contributed by atoms with Gasteiger partial charge in [-0.2, -0.15) is 0 Å². The molecule has 0 atom stereocenters. The average Bonchev–Trinajstić information content (AvgIpc) is 2.81. The molecule has 0 unspecified atom stereocenters. The molecule has 1 saturated carbocycles.